The van der Waals surface area contributed by atoms with Crippen LogP contribution in [0.2, 0.25) is 0 Å². The topological polar surface area (TPSA) is 23.5 Å². The summed E-state index contributed by atoms with van der Waals surface area (Å²) < 4.78 is 13.6. The molecule has 3 heteroatoms. The molecule has 94 valence electrons. The number of hydrogen-bond donors (Lipinski definition) is 1. The number of rotatable bonds is 4. The van der Waals surface area contributed by atoms with Crippen molar-refractivity contribution in [1.82, 2.24) is 4.90 Å². The highest BCUT2D eigenvalue weighted by molar-refractivity contribution is 5.24. The lowest BCUT2D eigenvalue weighted by Gasteiger charge is -2.26. The van der Waals surface area contributed by atoms with E-state index in [2.05, 4.69) is 4.90 Å². The van der Waals surface area contributed by atoms with Crippen LogP contribution in [0.15, 0.2) is 18.2 Å². The van der Waals surface area contributed by atoms with Crippen molar-refractivity contribution in [2.24, 2.45) is 0 Å². The van der Waals surface area contributed by atoms with Crippen LogP contribution < -0.4 is 0 Å². The average Bonchev–Trinajstić information content (AvgIpc) is 2.39. The van der Waals surface area contributed by atoms with Crippen LogP contribution in [0.1, 0.15) is 30.4 Å². The van der Waals surface area contributed by atoms with E-state index in [9.17, 15) is 4.39 Å². The van der Waals surface area contributed by atoms with E-state index >= 15 is 0 Å². The summed E-state index contributed by atoms with van der Waals surface area (Å²) in [4.78, 5) is 2.40. The molecule has 0 aliphatic carbocycles. The summed E-state index contributed by atoms with van der Waals surface area (Å²) in [6.07, 6.45) is 4.59. The zero-order chi connectivity index (χ0) is 12.1. The lowest BCUT2D eigenvalue weighted by Crippen LogP contribution is -2.31. The Kier molecular flexibility index (Phi) is 4.51. The number of likely N-dealkylation sites (tertiary alicyclic amines) is 1. The molecule has 1 saturated heterocycles. The Balaban J connectivity index is 1.92. The molecule has 0 saturated carbocycles. The summed E-state index contributed by atoms with van der Waals surface area (Å²) in [5.41, 5.74) is 1.52. The average molecular weight is 237 g/mol. The minimum Gasteiger partial charge on any atom is -0.392 e. The molecule has 0 amide bonds. The molecule has 1 fully saturated rings. The monoisotopic (exact) mass is 237 g/mol. The fraction of sp³-hybridized carbons (Fsp3) is 0.571. The van der Waals surface area contributed by atoms with Crippen LogP contribution in [-0.4, -0.2) is 29.6 Å². The summed E-state index contributed by atoms with van der Waals surface area (Å²) in [5, 5.41) is 9.04. The Morgan fingerprint density at radius 1 is 1.18 bits per heavy atom. The fourth-order valence-electron chi connectivity index (χ4n) is 2.38. The van der Waals surface area contributed by atoms with Crippen LogP contribution in [-0.2, 0) is 13.0 Å². The van der Waals surface area contributed by atoms with E-state index in [0.717, 1.165) is 37.2 Å². The molecular weight excluding hydrogens is 217 g/mol. The Morgan fingerprint density at radius 2 is 1.94 bits per heavy atom. The molecule has 1 aromatic rings. The Morgan fingerprint density at radius 3 is 2.65 bits per heavy atom. The van der Waals surface area contributed by atoms with Crippen LogP contribution in [0.4, 0.5) is 4.39 Å². The highest BCUT2D eigenvalue weighted by atomic mass is 19.1. The van der Waals surface area contributed by atoms with E-state index < -0.39 is 0 Å². The number of nitrogens with zero attached hydrogens (tertiary/aromatic N) is 1. The molecule has 1 aliphatic heterocycles. The summed E-state index contributed by atoms with van der Waals surface area (Å²) in [6.45, 7) is 3.19. The molecule has 1 aliphatic rings. The summed E-state index contributed by atoms with van der Waals surface area (Å²) in [6, 6.07) is 4.87. The van der Waals surface area contributed by atoms with E-state index in [1.54, 1.807) is 12.1 Å². The predicted octanol–water partition coefficient (Wildman–Crippen LogP) is 2.35. The second kappa shape index (κ2) is 6.12. The van der Waals surface area contributed by atoms with Crippen molar-refractivity contribution < 1.29 is 9.50 Å². The van der Waals surface area contributed by atoms with Gasteiger partial charge in [-0.15, -0.1) is 0 Å². The third kappa shape index (κ3) is 3.51. The van der Waals surface area contributed by atoms with Gasteiger partial charge in [0.1, 0.15) is 5.82 Å². The van der Waals surface area contributed by atoms with Gasteiger partial charge in [0, 0.05) is 6.54 Å². The molecule has 0 spiro atoms. The van der Waals surface area contributed by atoms with Gasteiger partial charge in [0.25, 0.3) is 0 Å². The van der Waals surface area contributed by atoms with E-state index in [1.807, 2.05) is 0 Å². The van der Waals surface area contributed by atoms with E-state index in [-0.39, 0.29) is 12.4 Å². The molecule has 17 heavy (non-hydrogen) atoms. The van der Waals surface area contributed by atoms with Gasteiger partial charge in [0.15, 0.2) is 0 Å². The van der Waals surface area contributed by atoms with Crippen LogP contribution >= 0.6 is 0 Å². The van der Waals surface area contributed by atoms with E-state index in [4.69, 9.17) is 5.11 Å². The highest BCUT2D eigenvalue weighted by Crippen LogP contribution is 2.14. The maximum Gasteiger partial charge on any atom is 0.126 e. The first-order chi connectivity index (χ1) is 8.29. The van der Waals surface area contributed by atoms with Crippen molar-refractivity contribution in [3.63, 3.8) is 0 Å². The predicted molar refractivity (Wildman–Crippen MR) is 66.3 cm³/mol. The van der Waals surface area contributed by atoms with Crippen molar-refractivity contribution in [3.8, 4) is 0 Å². The maximum atomic E-state index is 13.6. The second-order valence-corrected chi connectivity index (χ2v) is 4.74. The molecule has 2 nitrogen and oxygen atoms in total. The minimum atomic E-state index is -0.154. The van der Waals surface area contributed by atoms with E-state index in [0.29, 0.717) is 0 Å². The lowest BCUT2D eigenvalue weighted by atomic mass is 10.1. The smallest absolute Gasteiger partial charge is 0.126 e. The largest absolute Gasteiger partial charge is 0.392 e. The molecule has 0 aromatic heterocycles. The summed E-state index contributed by atoms with van der Waals surface area (Å²) in [7, 11) is 0. The number of aliphatic hydroxyl groups is 1. The van der Waals surface area contributed by atoms with Crippen LogP contribution in [0.25, 0.3) is 0 Å². The number of benzene rings is 1. The molecule has 2 rings (SSSR count). The quantitative estimate of drug-likeness (QED) is 0.869. The van der Waals surface area contributed by atoms with Crippen molar-refractivity contribution in [2.75, 3.05) is 19.6 Å². The van der Waals surface area contributed by atoms with Crippen molar-refractivity contribution in [2.45, 2.75) is 32.3 Å². The molecule has 0 atom stereocenters. The van der Waals surface area contributed by atoms with Crippen molar-refractivity contribution in [1.29, 1.82) is 0 Å². The number of aliphatic hydroxyl groups excluding tert-OH is 1. The highest BCUT2D eigenvalue weighted by Gasteiger charge is 2.11. The normalized spacial score (nSPS) is 17.3. The van der Waals surface area contributed by atoms with Gasteiger partial charge in [0.05, 0.1) is 6.61 Å². The Hall–Kier alpha value is -0.930. The van der Waals surface area contributed by atoms with Gasteiger partial charge in [-0.1, -0.05) is 18.6 Å². The summed E-state index contributed by atoms with van der Waals surface area (Å²) in [5.74, 6) is -0.154. The third-order valence-corrected chi connectivity index (χ3v) is 3.44. The van der Waals surface area contributed by atoms with Gasteiger partial charge >= 0.3 is 0 Å². The van der Waals surface area contributed by atoms with Crippen molar-refractivity contribution in [3.05, 3.63) is 35.1 Å². The van der Waals surface area contributed by atoms with Crippen molar-refractivity contribution >= 4 is 0 Å². The SMILES string of the molecule is OCc1ccc(F)c(CCN2CCCCC2)c1. The Bertz CT molecular complexity index is 361. The molecule has 0 radical (unpaired) electrons. The zero-order valence-electron chi connectivity index (χ0n) is 10.2. The van der Waals surface area contributed by atoms with E-state index in [1.165, 1.54) is 25.3 Å². The molecule has 0 bridgehead atoms. The minimum absolute atomic E-state index is 0.0169. The zero-order valence-corrected chi connectivity index (χ0v) is 10.2. The van der Waals surface area contributed by atoms with Gasteiger partial charge in [-0.2, -0.15) is 0 Å². The van der Waals surface area contributed by atoms with Crippen LogP contribution in [0.5, 0.6) is 0 Å². The molecular formula is C14H20FNO. The van der Waals surface area contributed by atoms with Gasteiger partial charge in [-0.05, 0) is 49.5 Å². The first-order valence-electron chi connectivity index (χ1n) is 6.40. The summed E-state index contributed by atoms with van der Waals surface area (Å²) >= 11 is 0. The fourth-order valence-corrected chi connectivity index (χ4v) is 2.38. The van der Waals surface area contributed by atoms with Gasteiger partial charge in [0.2, 0.25) is 0 Å². The maximum absolute atomic E-state index is 13.6. The first kappa shape index (κ1) is 12.5. The molecule has 1 heterocycles. The number of hydrogen-bond acceptors (Lipinski definition) is 2. The molecule has 0 unspecified atom stereocenters. The molecule has 1 N–H and O–H groups in total. The lowest BCUT2D eigenvalue weighted by molar-refractivity contribution is 0.230. The van der Waals surface area contributed by atoms with Gasteiger partial charge in [-0.3, -0.25) is 0 Å². The van der Waals surface area contributed by atoms with Gasteiger partial charge in [-0.25, -0.2) is 4.39 Å². The first-order valence-corrected chi connectivity index (χ1v) is 6.40. The Labute approximate surface area is 102 Å². The second-order valence-electron chi connectivity index (χ2n) is 4.74. The molecule has 1 aromatic carbocycles. The van der Waals surface area contributed by atoms with Crippen LogP contribution in [0.3, 0.4) is 0 Å². The number of piperidine rings is 1. The van der Waals surface area contributed by atoms with Gasteiger partial charge < -0.3 is 10.0 Å². The standard InChI is InChI=1S/C14H20FNO/c15-14-5-4-12(11-17)10-13(14)6-9-16-7-2-1-3-8-16/h4-5,10,17H,1-3,6-9,11H2. The number of halogens is 1. The third-order valence-electron chi connectivity index (χ3n) is 3.44. The van der Waals surface area contributed by atoms with Crippen LogP contribution in [0, 0.1) is 5.82 Å².